The molecule has 4 nitrogen and oxygen atoms in total. The topological polar surface area (TPSA) is 33.1 Å². The lowest BCUT2D eigenvalue weighted by molar-refractivity contribution is 0.117. The van der Waals surface area contributed by atoms with E-state index in [9.17, 15) is 0 Å². The summed E-state index contributed by atoms with van der Waals surface area (Å²) in [6.07, 6.45) is 2.43. The second-order valence-corrected chi connectivity index (χ2v) is 6.23. The van der Waals surface area contributed by atoms with Gasteiger partial charge in [0.15, 0.2) is 0 Å². The fourth-order valence-corrected chi connectivity index (χ4v) is 3.23. The van der Waals surface area contributed by atoms with Gasteiger partial charge in [0.1, 0.15) is 0 Å². The molecule has 0 radical (unpaired) electrons. The van der Waals surface area contributed by atoms with Crippen LogP contribution in [0.25, 0.3) is 0 Å². The van der Waals surface area contributed by atoms with E-state index in [1.165, 1.54) is 29.8 Å². The number of hydrogen-bond donors (Lipinski definition) is 1. The van der Waals surface area contributed by atoms with Crippen LogP contribution in [0.5, 0.6) is 0 Å². The van der Waals surface area contributed by atoms with E-state index in [1.807, 2.05) is 11.7 Å². The van der Waals surface area contributed by atoms with Crippen molar-refractivity contribution in [2.24, 2.45) is 7.05 Å². The predicted molar refractivity (Wildman–Crippen MR) is 79.4 cm³/mol. The summed E-state index contributed by atoms with van der Waals surface area (Å²) in [6, 6.07) is 0.468. The monoisotopic (exact) mass is 264 g/mol. The molecule has 0 aromatic carbocycles. The van der Waals surface area contributed by atoms with Gasteiger partial charge in [-0.1, -0.05) is 0 Å². The molecule has 0 spiro atoms. The van der Waals surface area contributed by atoms with Gasteiger partial charge < -0.3 is 5.32 Å². The fourth-order valence-electron chi connectivity index (χ4n) is 3.23. The number of piperidine rings is 1. The van der Waals surface area contributed by atoms with Gasteiger partial charge in [-0.3, -0.25) is 9.58 Å². The lowest BCUT2D eigenvalue weighted by Gasteiger charge is -2.42. The average Bonchev–Trinajstić information content (AvgIpc) is 2.63. The molecular weight excluding hydrogens is 236 g/mol. The molecule has 19 heavy (non-hydrogen) atoms. The van der Waals surface area contributed by atoms with E-state index in [2.05, 4.69) is 50.1 Å². The van der Waals surface area contributed by atoms with Crippen molar-refractivity contribution in [3.63, 3.8) is 0 Å². The Hall–Kier alpha value is -0.870. The van der Waals surface area contributed by atoms with E-state index in [1.54, 1.807) is 0 Å². The Kier molecular flexibility index (Phi) is 4.02. The first-order valence-corrected chi connectivity index (χ1v) is 7.31. The summed E-state index contributed by atoms with van der Waals surface area (Å²) >= 11 is 0. The summed E-state index contributed by atoms with van der Waals surface area (Å²) in [5.74, 6) is 0. The van der Waals surface area contributed by atoms with Crippen molar-refractivity contribution >= 4 is 0 Å². The van der Waals surface area contributed by atoms with Crippen molar-refractivity contribution in [1.82, 2.24) is 20.0 Å². The van der Waals surface area contributed by atoms with Gasteiger partial charge in [0.2, 0.25) is 0 Å². The summed E-state index contributed by atoms with van der Waals surface area (Å²) in [4.78, 5) is 2.59. The van der Waals surface area contributed by atoms with Crippen molar-refractivity contribution in [3.05, 3.63) is 17.0 Å². The maximum atomic E-state index is 4.55. The first kappa shape index (κ1) is 14.5. The van der Waals surface area contributed by atoms with Gasteiger partial charge in [0.25, 0.3) is 0 Å². The van der Waals surface area contributed by atoms with E-state index in [0.717, 1.165) is 13.1 Å². The van der Waals surface area contributed by atoms with Crippen molar-refractivity contribution in [2.75, 3.05) is 20.1 Å². The van der Waals surface area contributed by atoms with E-state index in [0.29, 0.717) is 11.6 Å². The van der Waals surface area contributed by atoms with Crippen LogP contribution >= 0.6 is 0 Å². The number of nitrogens with zero attached hydrogens (tertiary/aromatic N) is 3. The number of hydrogen-bond acceptors (Lipinski definition) is 3. The highest BCUT2D eigenvalue weighted by molar-refractivity contribution is 5.27. The SMILES string of the molecule is CNC1(C)CCN(C(C)c2c(C)nn(C)c2C)CC1. The first-order valence-electron chi connectivity index (χ1n) is 7.31. The van der Waals surface area contributed by atoms with Crippen LogP contribution in [0.2, 0.25) is 0 Å². The van der Waals surface area contributed by atoms with Crippen molar-refractivity contribution in [1.29, 1.82) is 0 Å². The Morgan fingerprint density at radius 2 is 1.84 bits per heavy atom. The summed E-state index contributed by atoms with van der Waals surface area (Å²) in [7, 11) is 4.11. The Morgan fingerprint density at radius 3 is 2.26 bits per heavy atom. The molecule has 0 aliphatic carbocycles. The second kappa shape index (κ2) is 5.25. The van der Waals surface area contributed by atoms with Gasteiger partial charge in [-0.25, -0.2) is 0 Å². The minimum atomic E-state index is 0.315. The highest BCUT2D eigenvalue weighted by Gasteiger charge is 2.31. The van der Waals surface area contributed by atoms with Crippen LogP contribution in [0, 0.1) is 13.8 Å². The molecule has 2 rings (SSSR count). The zero-order valence-electron chi connectivity index (χ0n) is 13.2. The standard InChI is InChI=1S/C15H28N4/c1-11-14(12(2)18(6)17-11)13(3)19-9-7-15(4,16-5)8-10-19/h13,16H,7-10H2,1-6H3. The number of aryl methyl sites for hydroxylation is 2. The quantitative estimate of drug-likeness (QED) is 0.908. The van der Waals surface area contributed by atoms with Crippen LogP contribution in [-0.2, 0) is 7.05 Å². The highest BCUT2D eigenvalue weighted by Crippen LogP contribution is 2.31. The third kappa shape index (κ3) is 2.70. The molecule has 1 aromatic heterocycles. The fraction of sp³-hybridized carbons (Fsp3) is 0.800. The Morgan fingerprint density at radius 1 is 1.26 bits per heavy atom. The smallest absolute Gasteiger partial charge is 0.0644 e. The maximum absolute atomic E-state index is 4.55. The highest BCUT2D eigenvalue weighted by atomic mass is 15.3. The molecule has 1 atom stereocenters. The zero-order valence-corrected chi connectivity index (χ0v) is 13.2. The molecule has 1 aromatic rings. The van der Waals surface area contributed by atoms with E-state index >= 15 is 0 Å². The zero-order chi connectivity index (χ0) is 14.2. The molecule has 1 aliphatic rings. The Bertz CT molecular complexity index is 441. The minimum Gasteiger partial charge on any atom is -0.314 e. The molecule has 1 N–H and O–H groups in total. The number of nitrogens with one attached hydrogen (secondary N) is 1. The summed E-state index contributed by atoms with van der Waals surface area (Å²) in [5, 5.41) is 8.01. The molecule has 0 bridgehead atoms. The van der Waals surface area contributed by atoms with E-state index < -0.39 is 0 Å². The molecular formula is C15H28N4. The maximum Gasteiger partial charge on any atom is 0.0644 e. The lowest BCUT2D eigenvalue weighted by Crippen LogP contribution is -2.50. The molecule has 1 fully saturated rings. The first-order chi connectivity index (χ1) is 8.88. The van der Waals surface area contributed by atoms with E-state index in [-0.39, 0.29) is 0 Å². The van der Waals surface area contributed by atoms with Gasteiger partial charge in [-0.2, -0.15) is 5.10 Å². The molecule has 1 unspecified atom stereocenters. The van der Waals surface area contributed by atoms with Crippen molar-refractivity contribution in [2.45, 2.75) is 52.1 Å². The van der Waals surface area contributed by atoms with Crippen LogP contribution < -0.4 is 5.32 Å². The Labute approximate surface area is 117 Å². The number of likely N-dealkylation sites (tertiary alicyclic amines) is 1. The summed E-state index contributed by atoms with van der Waals surface area (Å²) in [5.41, 5.74) is 4.20. The number of rotatable bonds is 3. The molecule has 1 aliphatic heterocycles. The molecule has 0 saturated carbocycles. The largest absolute Gasteiger partial charge is 0.314 e. The number of aromatic nitrogens is 2. The normalized spacial score (nSPS) is 21.6. The lowest BCUT2D eigenvalue weighted by atomic mass is 9.88. The van der Waals surface area contributed by atoms with Crippen molar-refractivity contribution < 1.29 is 0 Å². The van der Waals surface area contributed by atoms with Crippen LogP contribution in [0.3, 0.4) is 0 Å². The summed E-state index contributed by atoms with van der Waals surface area (Å²) < 4.78 is 2.00. The molecule has 1 saturated heterocycles. The molecule has 108 valence electrons. The predicted octanol–water partition coefficient (Wildman–Crippen LogP) is 2.17. The average molecular weight is 264 g/mol. The summed E-state index contributed by atoms with van der Waals surface area (Å²) in [6.45, 7) is 11.3. The Balaban J connectivity index is 2.11. The van der Waals surface area contributed by atoms with Gasteiger partial charge in [0, 0.05) is 43.0 Å². The molecule has 0 amide bonds. The van der Waals surface area contributed by atoms with Crippen LogP contribution in [0.1, 0.15) is 49.7 Å². The minimum absolute atomic E-state index is 0.315. The molecule has 4 heteroatoms. The van der Waals surface area contributed by atoms with Gasteiger partial charge >= 0.3 is 0 Å². The van der Waals surface area contributed by atoms with Gasteiger partial charge in [-0.05, 0) is 47.6 Å². The van der Waals surface area contributed by atoms with Crippen LogP contribution in [0.4, 0.5) is 0 Å². The van der Waals surface area contributed by atoms with Gasteiger partial charge in [0.05, 0.1) is 5.69 Å². The van der Waals surface area contributed by atoms with E-state index in [4.69, 9.17) is 0 Å². The third-order valence-corrected chi connectivity index (χ3v) is 5.04. The van der Waals surface area contributed by atoms with Gasteiger partial charge in [-0.15, -0.1) is 0 Å². The third-order valence-electron chi connectivity index (χ3n) is 5.04. The van der Waals surface area contributed by atoms with Crippen molar-refractivity contribution in [3.8, 4) is 0 Å². The van der Waals surface area contributed by atoms with Crippen LogP contribution in [0.15, 0.2) is 0 Å². The second-order valence-electron chi connectivity index (χ2n) is 6.23. The van der Waals surface area contributed by atoms with Crippen LogP contribution in [-0.4, -0.2) is 40.4 Å². The molecule has 2 heterocycles.